The van der Waals surface area contributed by atoms with E-state index in [1.54, 1.807) is 7.11 Å². The first-order valence-corrected chi connectivity index (χ1v) is 7.95. The van der Waals surface area contributed by atoms with Gasteiger partial charge in [0, 0.05) is 27.4 Å². The van der Waals surface area contributed by atoms with Crippen LogP contribution in [-0.4, -0.2) is 39.6 Å². The second-order valence-electron chi connectivity index (χ2n) is 6.35. The summed E-state index contributed by atoms with van der Waals surface area (Å²) in [6.07, 6.45) is 11.0. The van der Waals surface area contributed by atoms with Crippen molar-refractivity contribution in [1.29, 1.82) is 0 Å². The first-order chi connectivity index (χ1) is 9.31. The van der Waals surface area contributed by atoms with E-state index in [0.29, 0.717) is 18.1 Å². The summed E-state index contributed by atoms with van der Waals surface area (Å²) >= 11 is 0. The van der Waals surface area contributed by atoms with E-state index in [1.165, 1.54) is 32.1 Å². The second kappa shape index (κ2) is 8.23. The number of ether oxygens (including phenoxy) is 3. The van der Waals surface area contributed by atoms with Crippen molar-refractivity contribution in [2.45, 2.75) is 63.6 Å². The third kappa shape index (κ3) is 5.05. The Morgan fingerprint density at radius 2 is 1.53 bits per heavy atom. The molecule has 0 saturated heterocycles. The molecule has 0 aromatic carbocycles. The highest BCUT2D eigenvalue weighted by Crippen LogP contribution is 2.30. The van der Waals surface area contributed by atoms with Crippen LogP contribution < -0.4 is 0 Å². The molecule has 3 unspecified atom stereocenters. The Morgan fingerprint density at radius 3 is 2.21 bits per heavy atom. The van der Waals surface area contributed by atoms with Crippen LogP contribution in [0.25, 0.3) is 0 Å². The predicted molar refractivity (Wildman–Crippen MR) is 76.3 cm³/mol. The van der Waals surface area contributed by atoms with E-state index < -0.39 is 0 Å². The molecule has 2 aliphatic carbocycles. The van der Waals surface area contributed by atoms with Crippen LogP contribution in [0.3, 0.4) is 0 Å². The van der Waals surface area contributed by atoms with E-state index in [9.17, 15) is 0 Å². The van der Waals surface area contributed by atoms with Crippen LogP contribution >= 0.6 is 0 Å². The molecule has 0 aromatic rings. The Labute approximate surface area is 118 Å². The van der Waals surface area contributed by atoms with Crippen molar-refractivity contribution in [2.24, 2.45) is 11.8 Å². The lowest BCUT2D eigenvalue weighted by Crippen LogP contribution is -2.35. The van der Waals surface area contributed by atoms with Crippen molar-refractivity contribution in [2.75, 3.05) is 27.4 Å². The van der Waals surface area contributed by atoms with Gasteiger partial charge in [-0.3, -0.25) is 0 Å². The van der Waals surface area contributed by atoms with Crippen LogP contribution in [0.4, 0.5) is 0 Å². The Kier molecular flexibility index (Phi) is 6.62. The van der Waals surface area contributed by atoms with Crippen molar-refractivity contribution in [3.8, 4) is 0 Å². The molecule has 2 fully saturated rings. The largest absolute Gasteiger partial charge is 0.384 e. The van der Waals surface area contributed by atoms with Gasteiger partial charge in [0.15, 0.2) is 0 Å². The molecule has 0 aliphatic heterocycles. The molecule has 112 valence electrons. The Bertz CT molecular complexity index is 238. The van der Waals surface area contributed by atoms with E-state index in [-0.39, 0.29) is 0 Å². The Balaban J connectivity index is 1.74. The van der Waals surface area contributed by atoms with Crippen molar-refractivity contribution in [3.63, 3.8) is 0 Å². The minimum absolute atomic E-state index is 0.352. The number of rotatable bonds is 6. The lowest BCUT2D eigenvalue weighted by molar-refractivity contribution is -0.0683. The minimum atomic E-state index is 0.352. The van der Waals surface area contributed by atoms with Gasteiger partial charge < -0.3 is 14.2 Å². The normalized spacial score (nSPS) is 33.5. The van der Waals surface area contributed by atoms with Gasteiger partial charge in [0.25, 0.3) is 0 Å². The summed E-state index contributed by atoms with van der Waals surface area (Å²) in [6.45, 7) is 1.80. The van der Waals surface area contributed by atoms with Crippen LogP contribution in [-0.2, 0) is 14.2 Å². The van der Waals surface area contributed by atoms with Gasteiger partial charge in [-0.1, -0.05) is 19.3 Å². The van der Waals surface area contributed by atoms with Gasteiger partial charge in [0.2, 0.25) is 0 Å². The fourth-order valence-corrected chi connectivity index (χ4v) is 3.65. The standard InChI is InChI=1S/C16H30O3/c1-17-11-14-8-15(18-2)10-16(9-14)19-12-13-6-4-3-5-7-13/h13-16H,3-12H2,1-2H3. The quantitative estimate of drug-likeness (QED) is 0.740. The highest BCUT2D eigenvalue weighted by atomic mass is 16.5. The molecule has 0 N–H and O–H groups in total. The molecule has 19 heavy (non-hydrogen) atoms. The van der Waals surface area contributed by atoms with Crippen molar-refractivity contribution in [3.05, 3.63) is 0 Å². The Hall–Kier alpha value is -0.120. The molecule has 3 atom stereocenters. The Morgan fingerprint density at radius 1 is 0.789 bits per heavy atom. The summed E-state index contributed by atoms with van der Waals surface area (Å²) in [6, 6.07) is 0. The molecule has 2 saturated carbocycles. The SMILES string of the molecule is COCC1CC(OC)CC(OCC2CCCCC2)C1. The topological polar surface area (TPSA) is 27.7 Å². The lowest BCUT2D eigenvalue weighted by Gasteiger charge is -2.35. The number of methoxy groups -OCH3 is 2. The van der Waals surface area contributed by atoms with Crippen LogP contribution in [0.5, 0.6) is 0 Å². The van der Waals surface area contributed by atoms with E-state index >= 15 is 0 Å². The molecule has 0 aromatic heterocycles. The van der Waals surface area contributed by atoms with E-state index in [1.807, 2.05) is 7.11 Å². The molecule has 3 nitrogen and oxygen atoms in total. The molecular formula is C16H30O3. The van der Waals surface area contributed by atoms with Gasteiger partial charge in [-0.05, 0) is 43.9 Å². The summed E-state index contributed by atoms with van der Waals surface area (Å²) in [7, 11) is 3.60. The van der Waals surface area contributed by atoms with Gasteiger partial charge in [0.1, 0.15) is 0 Å². The molecular weight excluding hydrogens is 240 g/mol. The highest BCUT2D eigenvalue weighted by Gasteiger charge is 2.30. The molecule has 3 heteroatoms. The van der Waals surface area contributed by atoms with Gasteiger partial charge in [-0.25, -0.2) is 0 Å². The first kappa shape index (κ1) is 15.3. The molecule has 0 heterocycles. The molecule has 0 radical (unpaired) electrons. The van der Waals surface area contributed by atoms with Crippen LogP contribution in [0.15, 0.2) is 0 Å². The zero-order chi connectivity index (χ0) is 13.5. The molecule has 2 rings (SSSR count). The van der Waals surface area contributed by atoms with Crippen molar-refractivity contribution < 1.29 is 14.2 Å². The van der Waals surface area contributed by atoms with Crippen molar-refractivity contribution in [1.82, 2.24) is 0 Å². The average molecular weight is 270 g/mol. The smallest absolute Gasteiger partial charge is 0.0603 e. The van der Waals surface area contributed by atoms with Gasteiger partial charge in [-0.15, -0.1) is 0 Å². The van der Waals surface area contributed by atoms with Crippen LogP contribution in [0.2, 0.25) is 0 Å². The molecule has 0 amide bonds. The van der Waals surface area contributed by atoms with Crippen LogP contribution in [0, 0.1) is 11.8 Å². The number of hydrogen-bond donors (Lipinski definition) is 0. The summed E-state index contributed by atoms with van der Waals surface area (Å²) in [5, 5.41) is 0. The third-order valence-corrected chi connectivity index (χ3v) is 4.75. The summed E-state index contributed by atoms with van der Waals surface area (Å²) < 4.78 is 17.1. The monoisotopic (exact) mass is 270 g/mol. The summed E-state index contributed by atoms with van der Waals surface area (Å²) in [5.41, 5.74) is 0. The zero-order valence-corrected chi connectivity index (χ0v) is 12.6. The molecule has 0 bridgehead atoms. The molecule has 2 aliphatic rings. The second-order valence-corrected chi connectivity index (χ2v) is 6.35. The summed E-state index contributed by atoms with van der Waals surface area (Å²) in [4.78, 5) is 0. The maximum atomic E-state index is 6.20. The maximum absolute atomic E-state index is 6.20. The predicted octanol–water partition coefficient (Wildman–Crippen LogP) is 3.41. The zero-order valence-electron chi connectivity index (χ0n) is 12.6. The maximum Gasteiger partial charge on any atom is 0.0603 e. The highest BCUT2D eigenvalue weighted by molar-refractivity contribution is 4.80. The lowest BCUT2D eigenvalue weighted by atomic mass is 9.85. The first-order valence-electron chi connectivity index (χ1n) is 7.95. The van der Waals surface area contributed by atoms with E-state index in [0.717, 1.165) is 38.4 Å². The van der Waals surface area contributed by atoms with Crippen LogP contribution in [0.1, 0.15) is 51.4 Å². The summed E-state index contributed by atoms with van der Waals surface area (Å²) in [5.74, 6) is 1.40. The van der Waals surface area contributed by atoms with E-state index in [2.05, 4.69) is 0 Å². The fourth-order valence-electron chi connectivity index (χ4n) is 3.65. The molecule has 0 spiro atoms. The number of hydrogen-bond acceptors (Lipinski definition) is 3. The van der Waals surface area contributed by atoms with E-state index in [4.69, 9.17) is 14.2 Å². The van der Waals surface area contributed by atoms with Crippen molar-refractivity contribution >= 4 is 0 Å². The van der Waals surface area contributed by atoms with Gasteiger partial charge >= 0.3 is 0 Å². The average Bonchev–Trinajstić information content (AvgIpc) is 2.46. The minimum Gasteiger partial charge on any atom is -0.384 e. The van der Waals surface area contributed by atoms with Gasteiger partial charge in [-0.2, -0.15) is 0 Å². The van der Waals surface area contributed by atoms with Gasteiger partial charge in [0.05, 0.1) is 12.2 Å². The fraction of sp³-hybridized carbons (Fsp3) is 1.00. The third-order valence-electron chi connectivity index (χ3n) is 4.75.